The fraction of sp³-hybridized carbons (Fsp3) is 0.200. The lowest BCUT2D eigenvalue weighted by molar-refractivity contribution is -0.137. The lowest BCUT2D eigenvalue weighted by Crippen LogP contribution is -2.04. The Morgan fingerprint density at radius 1 is 0.842 bits per heavy atom. The Kier molecular flexibility index (Phi) is 3.99. The predicted molar refractivity (Wildman–Crippen MR) is 73.4 cm³/mol. The van der Waals surface area contributed by atoms with Gasteiger partial charge in [-0.3, -0.25) is 0 Å². The van der Waals surface area contributed by atoms with Crippen molar-refractivity contribution in [3.63, 3.8) is 0 Å². The average molecular weight is 329 g/mol. The Bertz CT molecular complexity index is 541. The minimum absolute atomic E-state index is 0.101. The standard InChI is InChI=1S/C15H12BrF3/c1-10-2-4-11(5-3-10)14(16)12-6-8-13(9-7-12)15(17,18)19/h2-9,14H,1H3. The molecule has 2 aromatic rings. The molecule has 2 aromatic carbocycles. The SMILES string of the molecule is Cc1ccc(C(Br)c2ccc(C(F)(F)F)cc2)cc1. The molecule has 0 saturated heterocycles. The highest BCUT2D eigenvalue weighted by Gasteiger charge is 2.30. The molecular formula is C15H12BrF3. The van der Waals surface area contributed by atoms with E-state index in [1.54, 1.807) is 0 Å². The van der Waals surface area contributed by atoms with E-state index < -0.39 is 11.7 Å². The minimum Gasteiger partial charge on any atom is -0.166 e. The van der Waals surface area contributed by atoms with Gasteiger partial charge in [-0.15, -0.1) is 0 Å². The number of benzene rings is 2. The molecule has 0 aliphatic heterocycles. The van der Waals surface area contributed by atoms with Crippen molar-refractivity contribution in [2.45, 2.75) is 17.9 Å². The molecule has 0 fully saturated rings. The van der Waals surface area contributed by atoms with Gasteiger partial charge in [-0.05, 0) is 30.2 Å². The maximum absolute atomic E-state index is 12.5. The van der Waals surface area contributed by atoms with E-state index in [1.807, 2.05) is 31.2 Å². The quantitative estimate of drug-likeness (QED) is 0.639. The van der Waals surface area contributed by atoms with Crippen molar-refractivity contribution >= 4 is 15.9 Å². The number of rotatable bonds is 2. The fourth-order valence-corrected chi connectivity index (χ4v) is 2.38. The van der Waals surface area contributed by atoms with Crippen molar-refractivity contribution in [1.29, 1.82) is 0 Å². The third-order valence-electron chi connectivity index (χ3n) is 2.90. The van der Waals surface area contributed by atoms with Gasteiger partial charge in [0.2, 0.25) is 0 Å². The van der Waals surface area contributed by atoms with E-state index in [0.29, 0.717) is 0 Å². The van der Waals surface area contributed by atoms with E-state index in [1.165, 1.54) is 12.1 Å². The van der Waals surface area contributed by atoms with Crippen LogP contribution in [0, 0.1) is 6.92 Å². The largest absolute Gasteiger partial charge is 0.416 e. The summed E-state index contributed by atoms with van der Waals surface area (Å²) in [5.74, 6) is 0. The van der Waals surface area contributed by atoms with Crippen LogP contribution in [0.15, 0.2) is 48.5 Å². The van der Waals surface area contributed by atoms with Crippen LogP contribution < -0.4 is 0 Å². The van der Waals surface area contributed by atoms with Gasteiger partial charge >= 0.3 is 6.18 Å². The molecule has 0 bridgehead atoms. The molecule has 4 heteroatoms. The highest BCUT2D eigenvalue weighted by molar-refractivity contribution is 9.09. The highest BCUT2D eigenvalue weighted by atomic mass is 79.9. The van der Waals surface area contributed by atoms with E-state index >= 15 is 0 Å². The Labute approximate surface area is 118 Å². The van der Waals surface area contributed by atoms with Gasteiger partial charge in [0.25, 0.3) is 0 Å². The van der Waals surface area contributed by atoms with Crippen LogP contribution in [0.5, 0.6) is 0 Å². The summed E-state index contributed by atoms with van der Waals surface area (Å²) >= 11 is 3.51. The molecule has 2 rings (SSSR count). The Hall–Kier alpha value is -1.29. The number of alkyl halides is 4. The van der Waals surface area contributed by atoms with Crippen molar-refractivity contribution in [3.05, 3.63) is 70.8 Å². The molecule has 0 saturated carbocycles. The smallest absolute Gasteiger partial charge is 0.166 e. The van der Waals surface area contributed by atoms with Gasteiger partial charge in [0.1, 0.15) is 0 Å². The van der Waals surface area contributed by atoms with Crippen LogP contribution in [-0.2, 0) is 6.18 Å². The molecule has 100 valence electrons. The van der Waals surface area contributed by atoms with E-state index in [4.69, 9.17) is 0 Å². The van der Waals surface area contributed by atoms with Crippen LogP contribution in [0.3, 0.4) is 0 Å². The van der Waals surface area contributed by atoms with Crippen molar-refractivity contribution in [2.75, 3.05) is 0 Å². The topological polar surface area (TPSA) is 0 Å². The summed E-state index contributed by atoms with van der Waals surface area (Å²) in [6.07, 6.45) is -4.29. The summed E-state index contributed by atoms with van der Waals surface area (Å²) in [6.45, 7) is 1.99. The number of halogens is 4. The lowest BCUT2D eigenvalue weighted by atomic mass is 10.0. The van der Waals surface area contributed by atoms with E-state index in [2.05, 4.69) is 15.9 Å². The monoisotopic (exact) mass is 328 g/mol. The van der Waals surface area contributed by atoms with Gasteiger partial charge in [-0.2, -0.15) is 13.2 Å². The van der Waals surface area contributed by atoms with Crippen LogP contribution in [0.1, 0.15) is 27.1 Å². The first-order chi connectivity index (χ1) is 8.88. The van der Waals surface area contributed by atoms with Crippen LogP contribution in [0.4, 0.5) is 13.2 Å². The molecule has 0 amide bonds. The number of hydrogen-bond donors (Lipinski definition) is 0. The summed E-state index contributed by atoms with van der Waals surface area (Å²) in [5, 5.41) is 0. The summed E-state index contributed by atoms with van der Waals surface area (Å²) in [4.78, 5) is -0.101. The molecular weight excluding hydrogens is 317 g/mol. The maximum Gasteiger partial charge on any atom is 0.416 e. The first kappa shape index (κ1) is 14.1. The summed E-state index contributed by atoms with van der Waals surface area (Å²) in [6, 6.07) is 13.1. The van der Waals surface area contributed by atoms with Gasteiger partial charge in [-0.25, -0.2) is 0 Å². The van der Waals surface area contributed by atoms with Crippen LogP contribution >= 0.6 is 15.9 Å². The molecule has 0 nitrogen and oxygen atoms in total. The van der Waals surface area contributed by atoms with E-state index in [9.17, 15) is 13.2 Å². The first-order valence-electron chi connectivity index (χ1n) is 5.76. The van der Waals surface area contributed by atoms with Gasteiger partial charge in [0.15, 0.2) is 0 Å². The number of aryl methyl sites for hydroxylation is 1. The van der Waals surface area contributed by atoms with E-state index in [0.717, 1.165) is 28.8 Å². The Balaban J connectivity index is 2.25. The Morgan fingerprint density at radius 3 is 1.68 bits per heavy atom. The van der Waals surface area contributed by atoms with Crippen molar-refractivity contribution < 1.29 is 13.2 Å². The summed E-state index contributed by atoms with van der Waals surface area (Å²) in [5.41, 5.74) is 2.35. The zero-order chi connectivity index (χ0) is 14.0. The minimum atomic E-state index is -4.29. The van der Waals surface area contributed by atoms with Crippen molar-refractivity contribution in [3.8, 4) is 0 Å². The van der Waals surface area contributed by atoms with Crippen LogP contribution in [0.25, 0.3) is 0 Å². The van der Waals surface area contributed by atoms with Crippen molar-refractivity contribution in [1.82, 2.24) is 0 Å². The zero-order valence-corrected chi connectivity index (χ0v) is 11.8. The van der Waals surface area contributed by atoms with Crippen LogP contribution in [0.2, 0.25) is 0 Å². The van der Waals surface area contributed by atoms with Crippen molar-refractivity contribution in [2.24, 2.45) is 0 Å². The number of hydrogen-bond acceptors (Lipinski definition) is 0. The Morgan fingerprint density at radius 2 is 1.26 bits per heavy atom. The average Bonchev–Trinajstić information content (AvgIpc) is 2.38. The molecule has 0 aliphatic rings. The zero-order valence-electron chi connectivity index (χ0n) is 10.2. The normalized spacial score (nSPS) is 13.3. The van der Waals surface area contributed by atoms with Gasteiger partial charge < -0.3 is 0 Å². The van der Waals surface area contributed by atoms with E-state index in [-0.39, 0.29) is 4.83 Å². The molecule has 1 unspecified atom stereocenters. The van der Waals surface area contributed by atoms with Gasteiger partial charge in [-0.1, -0.05) is 57.9 Å². The molecule has 0 N–H and O–H groups in total. The molecule has 1 atom stereocenters. The predicted octanol–water partition coefficient (Wildman–Crippen LogP) is 5.50. The molecule has 19 heavy (non-hydrogen) atoms. The summed E-state index contributed by atoms with van der Waals surface area (Å²) < 4.78 is 37.4. The van der Waals surface area contributed by atoms with Gasteiger partial charge in [0, 0.05) is 0 Å². The van der Waals surface area contributed by atoms with Crippen LogP contribution in [-0.4, -0.2) is 0 Å². The second kappa shape index (κ2) is 5.37. The second-order valence-corrected chi connectivity index (χ2v) is 5.31. The lowest BCUT2D eigenvalue weighted by Gasteiger charge is -2.13. The first-order valence-corrected chi connectivity index (χ1v) is 6.67. The molecule has 0 spiro atoms. The third-order valence-corrected chi connectivity index (χ3v) is 3.96. The maximum atomic E-state index is 12.5. The summed E-state index contributed by atoms with van der Waals surface area (Å²) in [7, 11) is 0. The molecule has 0 aromatic heterocycles. The van der Waals surface area contributed by atoms with Gasteiger partial charge in [0.05, 0.1) is 10.4 Å². The fourth-order valence-electron chi connectivity index (χ4n) is 1.77. The molecule has 0 aliphatic carbocycles. The molecule has 0 radical (unpaired) electrons. The third kappa shape index (κ3) is 3.38. The second-order valence-electron chi connectivity index (χ2n) is 4.39. The highest BCUT2D eigenvalue weighted by Crippen LogP contribution is 2.34. The molecule has 0 heterocycles.